The van der Waals surface area contributed by atoms with E-state index in [1.807, 2.05) is 13.0 Å². The molecule has 4 heteroatoms. The minimum absolute atomic E-state index is 0.153. The van der Waals surface area contributed by atoms with Gasteiger partial charge in [-0.15, -0.1) is 0 Å². The van der Waals surface area contributed by atoms with Crippen molar-refractivity contribution in [2.45, 2.75) is 45.4 Å². The zero-order valence-corrected chi connectivity index (χ0v) is 12.2. The van der Waals surface area contributed by atoms with Crippen LogP contribution in [0.4, 0.5) is 0 Å². The summed E-state index contributed by atoms with van der Waals surface area (Å²) in [6, 6.07) is 0. The Kier molecular flexibility index (Phi) is 4.63. The maximum atomic E-state index is 12.5. The van der Waals surface area contributed by atoms with Crippen LogP contribution in [0.15, 0.2) is 23.3 Å². The molecular formula is C16H22O4. The molecule has 20 heavy (non-hydrogen) atoms. The fourth-order valence-corrected chi connectivity index (χ4v) is 3.36. The predicted octanol–water partition coefficient (Wildman–Crippen LogP) is 2.93. The van der Waals surface area contributed by atoms with Crippen LogP contribution in [-0.2, 0) is 19.1 Å². The Morgan fingerprint density at radius 2 is 2.20 bits per heavy atom. The van der Waals surface area contributed by atoms with E-state index in [0.29, 0.717) is 6.61 Å². The molecule has 0 aromatic rings. The van der Waals surface area contributed by atoms with Crippen molar-refractivity contribution in [2.75, 3.05) is 13.7 Å². The number of fused-ring (bicyclic) bond motifs is 1. The minimum atomic E-state index is -0.595. The van der Waals surface area contributed by atoms with Crippen LogP contribution in [0.1, 0.15) is 45.4 Å². The Hall–Kier alpha value is -1.58. The topological polar surface area (TPSA) is 52.6 Å². The molecule has 2 rings (SSSR count). The lowest BCUT2D eigenvalue weighted by Crippen LogP contribution is -2.35. The quantitative estimate of drug-likeness (QED) is 0.586. The highest BCUT2D eigenvalue weighted by Gasteiger charge is 2.50. The predicted molar refractivity (Wildman–Crippen MR) is 75.0 cm³/mol. The summed E-state index contributed by atoms with van der Waals surface area (Å²) in [6.45, 7) is 2.21. The Morgan fingerprint density at radius 1 is 1.40 bits per heavy atom. The van der Waals surface area contributed by atoms with E-state index in [1.54, 1.807) is 0 Å². The minimum Gasteiger partial charge on any atom is -0.469 e. The molecule has 110 valence electrons. The van der Waals surface area contributed by atoms with Gasteiger partial charge in [-0.25, -0.2) is 0 Å². The van der Waals surface area contributed by atoms with Gasteiger partial charge in [-0.05, 0) is 39.0 Å². The van der Waals surface area contributed by atoms with Gasteiger partial charge < -0.3 is 9.47 Å². The number of carbonyl (C=O) groups excluding carboxylic acids is 2. The van der Waals surface area contributed by atoms with E-state index < -0.39 is 5.41 Å². The summed E-state index contributed by atoms with van der Waals surface area (Å²) >= 11 is 0. The highest BCUT2D eigenvalue weighted by Crippen LogP contribution is 2.53. The fraction of sp³-hybridized carbons (Fsp3) is 0.625. The van der Waals surface area contributed by atoms with Gasteiger partial charge in [0.05, 0.1) is 20.1 Å². The number of rotatable bonds is 4. The van der Waals surface area contributed by atoms with Crippen LogP contribution in [-0.4, -0.2) is 25.7 Å². The van der Waals surface area contributed by atoms with Crippen LogP contribution in [0.2, 0.25) is 0 Å². The number of esters is 2. The summed E-state index contributed by atoms with van der Waals surface area (Å²) < 4.78 is 9.99. The van der Waals surface area contributed by atoms with Crippen LogP contribution in [0.25, 0.3) is 0 Å². The van der Waals surface area contributed by atoms with E-state index in [4.69, 9.17) is 4.74 Å². The molecule has 0 aliphatic heterocycles. The molecule has 0 spiro atoms. The Bertz CT molecular complexity index is 461. The number of allylic oxidation sites excluding steroid dienone is 1. The number of ether oxygens (including phenoxy) is 2. The van der Waals surface area contributed by atoms with Gasteiger partial charge in [-0.2, -0.15) is 0 Å². The first-order valence-corrected chi connectivity index (χ1v) is 7.28. The molecule has 0 amide bonds. The maximum absolute atomic E-state index is 12.5. The number of hydrogen-bond donors (Lipinski definition) is 0. The highest BCUT2D eigenvalue weighted by atomic mass is 16.5. The Labute approximate surface area is 119 Å². The van der Waals surface area contributed by atoms with Crippen LogP contribution >= 0.6 is 0 Å². The molecule has 0 aromatic carbocycles. The van der Waals surface area contributed by atoms with Gasteiger partial charge in [0.25, 0.3) is 0 Å². The molecule has 4 nitrogen and oxygen atoms in total. The van der Waals surface area contributed by atoms with Gasteiger partial charge in [0, 0.05) is 0 Å². The third-order valence-electron chi connectivity index (χ3n) is 4.27. The molecule has 0 N–H and O–H groups in total. The van der Waals surface area contributed by atoms with E-state index >= 15 is 0 Å². The van der Waals surface area contributed by atoms with Crippen molar-refractivity contribution >= 4 is 11.9 Å². The van der Waals surface area contributed by atoms with E-state index in [9.17, 15) is 9.59 Å². The van der Waals surface area contributed by atoms with Crippen molar-refractivity contribution in [2.24, 2.45) is 5.41 Å². The van der Waals surface area contributed by atoms with Gasteiger partial charge in [0.1, 0.15) is 5.41 Å². The van der Waals surface area contributed by atoms with Crippen molar-refractivity contribution in [3.05, 3.63) is 23.3 Å². The molecule has 1 fully saturated rings. The van der Waals surface area contributed by atoms with Gasteiger partial charge in [0.2, 0.25) is 0 Å². The SMILES string of the molecule is CCOC(=O)[C@]12CCCC1=CCCC2=CCC(=O)OC. The molecule has 0 saturated heterocycles. The molecule has 0 bridgehead atoms. The smallest absolute Gasteiger partial charge is 0.320 e. The lowest BCUT2D eigenvalue weighted by Gasteiger charge is -2.34. The normalized spacial score (nSPS) is 26.9. The van der Waals surface area contributed by atoms with Gasteiger partial charge in [-0.3, -0.25) is 9.59 Å². The Morgan fingerprint density at radius 3 is 2.90 bits per heavy atom. The first kappa shape index (κ1) is 14.8. The van der Waals surface area contributed by atoms with E-state index in [1.165, 1.54) is 12.7 Å². The molecule has 0 unspecified atom stereocenters. The average Bonchev–Trinajstić information content (AvgIpc) is 2.90. The summed E-state index contributed by atoms with van der Waals surface area (Å²) in [6.07, 6.45) is 8.78. The lowest BCUT2D eigenvalue weighted by molar-refractivity contribution is -0.151. The van der Waals surface area contributed by atoms with E-state index in [-0.39, 0.29) is 18.4 Å². The molecule has 1 saturated carbocycles. The summed E-state index contributed by atoms with van der Waals surface area (Å²) in [5.41, 5.74) is 1.62. The van der Waals surface area contributed by atoms with Crippen molar-refractivity contribution in [1.29, 1.82) is 0 Å². The number of hydrogen-bond acceptors (Lipinski definition) is 4. The second-order valence-electron chi connectivity index (χ2n) is 5.26. The molecular weight excluding hydrogens is 256 g/mol. The summed E-state index contributed by atoms with van der Waals surface area (Å²) in [5.74, 6) is -0.426. The zero-order valence-electron chi connectivity index (χ0n) is 12.2. The second kappa shape index (κ2) is 6.25. The van der Waals surface area contributed by atoms with Crippen molar-refractivity contribution in [3.8, 4) is 0 Å². The van der Waals surface area contributed by atoms with E-state index in [0.717, 1.165) is 37.7 Å². The fourth-order valence-electron chi connectivity index (χ4n) is 3.36. The van der Waals surface area contributed by atoms with Crippen LogP contribution < -0.4 is 0 Å². The molecule has 1 atom stereocenters. The first-order valence-electron chi connectivity index (χ1n) is 7.28. The average molecular weight is 278 g/mol. The maximum Gasteiger partial charge on any atom is 0.320 e. The third kappa shape index (κ3) is 2.51. The highest BCUT2D eigenvalue weighted by molar-refractivity contribution is 5.86. The van der Waals surface area contributed by atoms with Gasteiger partial charge >= 0.3 is 11.9 Å². The van der Waals surface area contributed by atoms with Crippen molar-refractivity contribution in [1.82, 2.24) is 0 Å². The molecule has 2 aliphatic rings. The molecule has 2 aliphatic carbocycles. The number of methoxy groups -OCH3 is 1. The van der Waals surface area contributed by atoms with Crippen LogP contribution in [0.5, 0.6) is 0 Å². The molecule has 0 radical (unpaired) electrons. The second-order valence-corrected chi connectivity index (χ2v) is 5.26. The van der Waals surface area contributed by atoms with Gasteiger partial charge in [-0.1, -0.05) is 23.3 Å². The van der Waals surface area contributed by atoms with Gasteiger partial charge in [0.15, 0.2) is 0 Å². The zero-order chi connectivity index (χ0) is 14.6. The van der Waals surface area contributed by atoms with Crippen molar-refractivity contribution in [3.63, 3.8) is 0 Å². The lowest BCUT2D eigenvalue weighted by atomic mass is 9.70. The standard InChI is InChI=1S/C16H22O4/c1-3-20-15(18)16-11-5-8-12(16)6-4-7-13(16)9-10-14(17)19-2/h6,9H,3-5,7-8,10-11H2,1-2H3/t16-/m1/s1. The summed E-state index contributed by atoms with van der Waals surface area (Å²) in [5, 5.41) is 0. The monoisotopic (exact) mass is 278 g/mol. The summed E-state index contributed by atoms with van der Waals surface area (Å²) in [7, 11) is 1.38. The van der Waals surface area contributed by atoms with Crippen LogP contribution in [0.3, 0.4) is 0 Å². The number of carbonyl (C=O) groups is 2. The molecule has 0 heterocycles. The Balaban J connectivity index is 2.32. The third-order valence-corrected chi connectivity index (χ3v) is 4.27. The van der Waals surface area contributed by atoms with Crippen molar-refractivity contribution < 1.29 is 19.1 Å². The summed E-state index contributed by atoms with van der Waals surface area (Å²) in [4.78, 5) is 23.9. The molecule has 0 aromatic heterocycles. The van der Waals surface area contributed by atoms with Crippen LogP contribution in [0, 0.1) is 5.41 Å². The first-order chi connectivity index (χ1) is 9.65. The largest absolute Gasteiger partial charge is 0.469 e. The van der Waals surface area contributed by atoms with E-state index in [2.05, 4.69) is 10.8 Å².